The summed E-state index contributed by atoms with van der Waals surface area (Å²) in [5.41, 5.74) is 6.80. The number of benzene rings is 1. The van der Waals surface area contributed by atoms with Crippen LogP contribution >= 0.6 is 0 Å². The molecule has 7 nitrogen and oxygen atoms in total. The van der Waals surface area contributed by atoms with Crippen LogP contribution in [-0.2, 0) is 0 Å². The zero-order valence-corrected chi connectivity index (χ0v) is 13.0. The summed E-state index contributed by atoms with van der Waals surface area (Å²) >= 11 is -0.0273. The Balaban J connectivity index is 0.000000383. The molecule has 0 atom stereocenters. The molecule has 0 aliphatic rings. The first-order valence-electron chi connectivity index (χ1n) is 5.38. The second kappa shape index (κ2) is 7.48. The molecule has 4 N–H and O–H groups in total. The van der Waals surface area contributed by atoms with Gasteiger partial charge in [-0.25, -0.2) is 18.6 Å². The molecule has 0 saturated heterocycles. The molecule has 0 fully saturated rings. The molecule has 0 saturated carbocycles. The van der Waals surface area contributed by atoms with E-state index in [1.807, 2.05) is 36.4 Å². The summed E-state index contributed by atoms with van der Waals surface area (Å²) in [6, 6.07) is 13.6. The Morgan fingerprint density at radius 2 is 1.57 bits per heavy atom. The maximum atomic E-state index is 11.0. The summed E-state index contributed by atoms with van der Waals surface area (Å²) in [6.45, 7) is 0. The first-order chi connectivity index (χ1) is 9.68. The summed E-state index contributed by atoms with van der Waals surface area (Å²) in [5, 5.41) is 5.84. The van der Waals surface area contributed by atoms with E-state index in [1.165, 1.54) is 0 Å². The fraction of sp³-hybridized carbons (Fsp3) is 0. The van der Waals surface area contributed by atoms with E-state index in [4.69, 9.17) is 29.8 Å². The van der Waals surface area contributed by atoms with Crippen molar-refractivity contribution in [2.75, 3.05) is 0 Å². The van der Waals surface area contributed by atoms with Crippen LogP contribution in [0.25, 0.3) is 10.0 Å². The standard InChI is InChI=1S/C12H10N2OSe.ClHO4/c13-11(15)9-6-7-10(16-12(9)14)8-4-2-1-3-5-8;2-1(3,4)5/h1-7,14H,(H2,13,15);(H,2,3,4,5). The third-order valence-corrected chi connectivity index (χ3v) is 4.37. The van der Waals surface area contributed by atoms with Crippen molar-refractivity contribution >= 4 is 20.4 Å². The Labute approximate surface area is 127 Å². The number of amides is 1. The van der Waals surface area contributed by atoms with Crippen LogP contribution in [0.3, 0.4) is 0 Å². The van der Waals surface area contributed by atoms with Gasteiger partial charge in [-0.2, -0.15) is 0 Å². The van der Waals surface area contributed by atoms with Gasteiger partial charge in [0.05, 0.1) is 0 Å². The molecule has 21 heavy (non-hydrogen) atoms. The largest absolute Gasteiger partial charge is 0.222 e. The Morgan fingerprint density at radius 3 is 2.00 bits per heavy atom. The van der Waals surface area contributed by atoms with Gasteiger partial charge in [0.1, 0.15) is 0 Å². The number of hydrogen-bond donors (Lipinski definition) is 2. The van der Waals surface area contributed by atoms with Gasteiger partial charge in [-0.15, -0.1) is 10.2 Å². The van der Waals surface area contributed by atoms with Crippen molar-refractivity contribution in [1.29, 1.82) is 0 Å². The van der Waals surface area contributed by atoms with E-state index < -0.39 is 16.2 Å². The minimum Gasteiger partial charge on any atom is -0.222 e. The van der Waals surface area contributed by atoms with E-state index in [2.05, 4.69) is 0 Å². The number of carbonyl (C=O) groups excluding carboxylic acids is 1. The fourth-order valence-electron chi connectivity index (χ4n) is 1.41. The first-order valence-corrected chi connectivity index (χ1v) is 8.33. The van der Waals surface area contributed by atoms with Gasteiger partial charge in [0.2, 0.25) is 0 Å². The minimum atomic E-state index is -4.94. The van der Waals surface area contributed by atoms with Crippen LogP contribution in [0.4, 0.5) is 0 Å². The number of halogens is 1. The van der Waals surface area contributed by atoms with Gasteiger partial charge in [0.25, 0.3) is 0 Å². The molecule has 0 radical (unpaired) electrons. The van der Waals surface area contributed by atoms with Crippen LogP contribution in [-0.4, -0.2) is 20.4 Å². The van der Waals surface area contributed by atoms with Crippen molar-refractivity contribution in [2.24, 2.45) is 5.73 Å². The molecule has 2 rings (SSSR count). The van der Waals surface area contributed by atoms with Gasteiger partial charge in [-0.3, -0.25) is 0 Å². The van der Waals surface area contributed by atoms with Gasteiger partial charge in [0.15, 0.2) is 0 Å². The summed E-state index contributed by atoms with van der Waals surface area (Å²) in [7, 11) is -4.94. The van der Waals surface area contributed by atoms with Crippen LogP contribution in [0.2, 0.25) is 0 Å². The SMILES string of the molecule is NC(=O)c1ccc(-c2ccccc2)[se]c1=[NH2+].[O-][Cl+3]([O-])([O-])[O-]. The van der Waals surface area contributed by atoms with E-state index in [9.17, 15) is 4.79 Å². The molecule has 1 heterocycles. The van der Waals surface area contributed by atoms with Crippen LogP contribution in [0, 0.1) is 10.2 Å². The average molecular weight is 378 g/mol. The molecule has 0 bridgehead atoms. The molecule has 1 amide bonds. The van der Waals surface area contributed by atoms with Crippen molar-refractivity contribution in [3.05, 3.63) is 52.3 Å². The van der Waals surface area contributed by atoms with E-state index in [-0.39, 0.29) is 14.5 Å². The number of rotatable bonds is 2. The monoisotopic (exact) mass is 378 g/mol. The van der Waals surface area contributed by atoms with Gasteiger partial charge in [-0.05, 0) is 0 Å². The smallest absolute Gasteiger partial charge is 0.112 e. The minimum absolute atomic E-state index is 0.0273. The van der Waals surface area contributed by atoms with Crippen LogP contribution in [0.5, 0.6) is 0 Å². The second-order valence-corrected chi connectivity index (χ2v) is 6.72. The normalized spacial score (nSPS) is 10.5. The Hall–Kier alpha value is -1.51. The van der Waals surface area contributed by atoms with Gasteiger partial charge >= 0.3 is 98.6 Å². The van der Waals surface area contributed by atoms with Crippen molar-refractivity contribution in [3.63, 3.8) is 0 Å². The van der Waals surface area contributed by atoms with Crippen LogP contribution in [0.1, 0.15) is 10.4 Å². The average Bonchev–Trinajstić information content (AvgIpc) is 2.37. The predicted octanol–water partition coefficient (Wildman–Crippen LogP) is -5.59. The molecule has 112 valence electrons. The van der Waals surface area contributed by atoms with Crippen molar-refractivity contribution < 1.29 is 39.1 Å². The molecule has 0 aliphatic carbocycles. The quantitative estimate of drug-likeness (QED) is 0.498. The topological polar surface area (TPSA) is 161 Å². The van der Waals surface area contributed by atoms with Crippen molar-refractivity contribution in [1.82, 2.24) is 0 Å². The Kier molecular flexibility index (Phi) is 6.25. The fourth-order valence-corrected chi connectivity index (χ4v) is 3.31. The maximum absolute atomic E-state index is 11.0. The van der Waals surface area contributed by atoms with E-state index in [0.29, 0.717) is 9.79 Å². The summed E-state index contributed by atoms with van der Waals surface area (Å²) in [6.07, 6.45) is 0. The predicted molar refractivity (Wildman–Crippen MR) is 62.4 cm³/mol. The number of carbonyl (C=O) groups is 1. The zero-order valence-electron chi connectivity index (χ0n) is 10.5. The summed E-state index contributed by atoms with van der Waals surface area (Å²) < 4.78 is 35.7. The van der Waals surface area contributed by atoms with Gasteiger partial charge < -0.3 is 0 Å². The van der Waals surface area contributed by atoms with Gasteiger partial charge in [0, 0.05) is 0 Å². The van der Waals surface area contributed by atoms with Crippen LogP contribution < -0.4 is 34.0 Å². The Morgan fingerprint density at radius 1 is 1.05 bits per heavy atom. The summed E-state index contributed by atoms with van der Waals surface area (Å²) in [5.74, 6) is -0.456. The van der Waals surface area contributed by atoms with E-state index in [1.54, 1.807) is 6.07 Å². The third-order valence-electron chi connectivity index (χ3n) is 2.21. The molecule has 9 heteroatoms. The van der Waals surface area contributed by atoms with Crippen molar-refractivity contribution in [2.45, 2.75) is 0 Å². The third kappa shape index (κ3) is 6.65. The molecule has 0 spiro atoms. The molecule has 0 aliphatic heterocycles. The van der Waals surface area contributed by atoms with Crippen LogP contribution in [0.15, 0.2) is 42.5 Å². The molecular formula is C12H11ClN2O5Se. The van der Waals surface area contributed by atoms with Gasteiger partial charge in [-0.1, -0.05) is 0 Å². The molecular weight excluding hydrogens is 367 g/mol. The van der Waals surface area contributed by atoms with E-state index in [0.717, 1.165) is 10.0 Å². The number of nitrogens with two attached hydrogens (primary N) is 2. The number of hydrogen-bond acceptors (Lipinski definition) is 5. The molecule has 1 aromatic carbocycles. The first kappa shape index (κ1) is 17.5. The van der Waals surface area contributed by atoms with Crippen molar-refractivity contribution in [3.8, 4) is 10.0 Å². The Bertz CT molecular complexity index is 663. The second-order valence-electron chi connectivity index (χ2n) is 3.69. The molecule has 2 aromatic rings. The zero-order chi connectivity index (χ0) is 16.0. The summed E-state index contributed by atoms with van der Waals surface area (Å²) in [4.78, 5) is 11.0. The number of primary amides is 1. The van der Waals surface area contributed by atoms with E-state index >= 15 is 0 Å². The maximum Gasteiger partial charge on any atom is -0.112 e. The molecule has 0 unspecified atom stereocenters. The molecule has 1 aromatic heterocycles.